The van der Waals surface area contributed by atoms with E-state index in [2.05, 4.69) is 20.6 Å². The zero-order chi connectivity index (χ0) is 30.2. The lowest BCUT2D eigenvalue weighted by atomic mass is 9.87. The standard InChI is InChI=1S/C28H37F3N6O5S/c1-41-22-14-43(24-13-42-12-21(27(24)39)36-9-19(32-34-36)15-5-3-2-4-6-15)23(11-38)28(40)26(22)37-10-20(33-35-37)16-7-17(29)25(31)18(30)8-16/h7-10,15,21-24,26-28,38-40,43H,2-6,11-14H2,1H3/t21-,22-,23+,24+,26+,27+,28-/m0/s1. The molecule has 1 aliphatic carbocycles. The summed E-state index contributed by atoms with van der Waals surface area (Å²) < 4.78 is 56.0. The van der Waals surface area contributed by atoms with Gasteiger partial charge < -0.3 is 24.8 Å². The first-order valence-corrected chi connectivity index (χ1v) is 16.3. The normalized spacial score (nSPS) is 33.1. The van der Waals surface area contributed by atoms with E-state index >= 15 is 0 Å². The molecule has 2 saturated heterocycles. The zero-order valence-electron chi connectivity index (χ0n) is 23.7. The number of hydrogen-bond donors (Lipinski definition) is 4. The van der Waals surface area contributed by atoms with Crippen LogP contribution in [0.5, 0.6) is 0 Å². The fourth-order valence-corrected chi connectivity index (χ4v) is 10.3. The molecule has 43 heavy (non-hydrogen) atoms. The van der Waals surface area contributed by atoms with Gasteiger partial charge in [-0.25, -0.2) is 33.4 Å². The van der Waals surface area contributed by atoms with Crippen LogP contribution in [0.1, 0.15) is 55.8 Å². The van der Waals surface area contributed by atoms with E-state index in [4.69, 9.17) is 9.47 Å². The van der Waals surface area contributed by atoms with E-state index in [-0.39, 0.29) is 36.3 Å². The monoisotopic (exact) mass is 626 g/mol. The lowest BCUT2D eigenvalue weighted by Crippen LogP contribution is -2.55. The average Bonchev–Trinajstić information content (AvgIpc) is 3.71. The Morgan fingerprint density at radius 2 is 1.70 bits per heavy atom. The summed E-state index contributed by atoms with van der Waals surface area (Å²) in [5.41, 5.74) is 0.991. The van der Waals surface area contributed by atoms with Crippen LogP contribution >= 0.6 is 10.9 Å². The van der Waals surface area contributed by atoms with Gasteiger partial charge in [0.1, 0.15) is 17.8 Å². The Morgan fingerprint density at radius 1 is 0.977 bits per heavy atom. The van der Waals surface area contributed by atoms with Crippen molar-refractivity contribution in [1.29, 1.82) is 0 Å². The van der Waals surface area contributed by atoms with Gasteiger partial charge in [0.25, 0.3) is 0 Å². The quantitative estimate of drug-likeness (QED) is 0.230. The van der Waals surface area contributed by atoms with Crippen LogP contribution in [0.3, 0.4) is 0 Å². The summed E-state index contributed by atoms with van der Waals surface area (Å²) in [6, 6.07) is 0.391. The number of methoxy groups -OCH3 is 1. The van der Waals surface area contributed by atoms with Crippen molar-refractivity contribution >= 4 is 10.9 Å². The van der Waals surface area contributed by atoms with Gasteiger partial charge in [0.15, 0.2) is 17.5 Å². The Labute approximate surface area is 249 Å². The van der Waals surface area contributed by atoms with Crippen molar-refractivity contribution in [3.63, 3.8) is 0 Å². The van der Waals surface area contributed by atoms with Crippen molar-refractivity contribution in [2.45, 2.75) is 78.9 Å². The van der Waals surface area contributed by atoms with Crippen LogP contribution in [0.25, 0.3) is 11.3 Å². The zero-order valence-corrected chi connectivity index (χ0v) is 24.6. The second-order valence-electron chi connectivity index (χ2n) is 11.7. The maximum Gasteiger partial charge on any atom is 0.194 e. The van der Waals surface area contributed by atoms with Crippen LogP contribution in [0, 0.1) is 17.5 Å². The number of aromatic nitrogens is 6. The molecule has 3 fully saturated rings. The van der Waals surface area contributed by atoms with Gasteiger partial charge in [-0.3, -0.25) is 0 Å². The number of ether oxygens (including phenoxy) is 2. The molecule has 15 heteroatoms. The van der Waals surface area contributed by atoms with Gasteiger partial charge in [0.2, 0.25) is 0 Å². The van der Waals surface area contributed by atoms with Gasteiger partial charge in [-0.2, -0.15) is 0 Å². The van der Waals surface area contributed by atoms with E-state index in [0.717, 1.165) is 30.7 Å². The van der Waals surface area contributed by atoms with Crippen molar-refractivity contribution in [3.8, 4) is 11.3 Å². The van der Waals surface area contributed by atoms with Crippen molar-refractivity contribution in [1.82, 2.24) is 30.0 Å². The van der Waals surface area contributed by atoms with Crippen LogP contribution in [0.15, 0.2) is 24.5 Å². The number of benzene rings is 1. The molecule has 3 aliphatic rings. The van der Waals surface area contributed by atoms with Gasteiger partial charge >= 0.3 is 0 Å². The predicted molar refractivity (Wildman–Crippen MR) is 151 cm³/mol. The number of halogens is 3. The average molecular weight is 627 g/mol. The molecule has 4 heterocycles. The molecular formula is C28H37F3N6O5S. The molecule has 0 bridgehead atoms. The Kier molecular flexibility index (Phi) is 9.08. The molecule has 3 aromatic rings. The summed E-state index contributed by atoms with van der Waals surface area (Å²) in [6.45, 7) is 0.176. The van der Waals surface area contributed by atoms with Gasteiger partial charge in [-0.1, -0.05) is 29.7 Å². The first-order valence-electron chi connectivity index (χ1n) is 14.6. The Balaban J connectivity index is 1.22. The first kappa shape index (κ1) is 30.5. The molecule has 1 saturated carbocycles. The molecule has 236 valence electrons. The minimum absolute atomic E-state index is 0.0175. The molecule has 2 aromatic heterocycles. The molecule has 6 rings (SSSR count). The van der Waals surface area contributed by atoms with Crippen LogP contribution < -0.4 is 0 Å². The van der Waals surface area contributed by atoms with Crippen LogP contribution in [0.4, 0.5) is 13.2 Å². The fourth-order valence-electron chi connectivity index (χ4n) is 6.81. The van der Waals surface area contributed by atoms with Gasteiger partial charge in [0.05, 0.1) is 50.0 Å². The van der Waals surface area contributed by atoms with Crippen molar-refractivity contribution in [2.75, 3.05) is 32.7 Å². The Bertz CT molecular complexity index is 1380. The number of hydrogen-bond acceptors (Lipinski definition) is 9. The number of aliphatic hydroxyl groups excluding tert-OH is 3. The second-order valence-corrected chi connectivity index (χ2v) is 14.4. The molecule has 11 nitrogen and oxygen atoms in total. The van der Waals surface area contributed by atoms with Crippen molar-refractivity contribution in [3.05, 3.63) is 47.7 Å². The maximum absolute atomic E-state index is 13.8. The first-order chi connectivity index (χ1) is 20.8. The highest BCUT2D eigenvalue weighted by Crippen LogP contribution is 2.51. The van der Waals surface area contributed by atoms with E-state index in [0.29, 0.717) is 11.7 Å². The topological polar surface area (TPSA) is 141 Å². The third-order valence-electron chi connectivity index (χ3n) is 9.21. The molecule has 1 unspecified atom stereocenters. The molecule has 8 atom stereocenters. The fraction of sp³-hybridized carbons (Fsp3) is 0.643. The molecular weight excluding hydrogens is 589 g/mol. The van der Waals surface area contributed by atoms with Crippen molar-refractivity contribution in [2.24, 2.45) is 0 Å². The SMILES string of the molecule is CO[C@H]1C[SH]([C@@H]2COC[C@H](n3cc(C4CCCCC4)nn3)[C@H]2O)[C@H](CO)[C@H](O)[C@@H]1n1cc(-c2cc(F)c(F)c(F)c2)nn1. The maximum atomic E-state index is 13.8. The van der Waals surface area contributed by atoms with Gasteiger partial charge in [-0.05, 0) is 25.0 Å². The summed E-state index contributed by atoms with van der Waals surface area (Å²) in [4.78, 5) is 0. The number of aliphatic hydroxyl groups is 3. The number of nitrogens with zero attached hydrogens (tertiary/aromatic N) is 6. The molecule has 1 aromatic carbocycles. The largest absolute Gasteiger partial charge is 0.395 e. The van der Waals surface area contributed by atoms with E-state index in [1.807, 2.05) is 6.20 Å². The van der Waals surface area contributed by atoms with Gasteiger partial charge in [-0.15, -0.1) is 10.2 Å². The van der Waals surface area contributed by atoms with E-state index in [1.54, 1.807) is 4.68 Å². The summed E-state index contributed by atoms with van der Waals surface area (Å²) in [7, 11) is 0.269. The summed E-state index contributed by atoms with van der Waals surface area (Å²) in [6.07, 6.45) is 6.47. The van der Waals surface area contributed by atoms with E-state index < -0.39 is 64.0 Å². The molecule has 0 amide bonds. The highest BCUT2D eigenvalue weighted by Gasteiger charge is 2.49. The summed E-state index contributed by atoms with van der Waals surface area (Å²) in [5.74, 6) is -3.51. The summed E-state index contributed by atoms with van der Waals surface area (Å²) >= 11 is 0. The van der Waals surface area contributed by atoms with Gasteiger partial charge in [0, 0.05) is 41.0 Å². The Morgan fingerprint density at radius 3 is 2.40 bits per heavy atom. The smallest absolute Gasteiger partial charge is 0.194 e. The second kappa shape index (κ2) is 12.8. The minimum Gasteiger partial charge on any atom is -0.395 e. The predicted octanol–water partition coefficient (Wildman–Crippen LogP) is 2.30. The Hall–Kier alpha value is -2.56. The lowest BCUT2D eigenvalue weighted by Gasteiger charge is -2.51. The highest BCUT2D eigenvalue weighted by molar-refractivity contribution is 8.18. The minimum atomic E-state index is -1.58. The van der Waals surface area contributed by atoms with Crippen LogP contribution in [0.2, 0.25) is 0 Å². The number of thiol groups is 1. The molecule has 3 N–H and O–H groups in total. The third kappa shape index (κ3) is 5.82. The van der Waals surface area contributed by atoms with E-state index in [1.165, 1.54) is 37.3 Å². The number of rotatable bonds is 7. The summed E-state index contributed by atoms with van der Waals surface area (Å²) in [5, 5.41) is 49.5. The molecule has 0 radical (unpaired) electrons. The lowest BCUT2D eigenvalue weighted by molar-refractivity contribution is -0.0339. The molecule has 2 aliphatic heterocycles. The third-order valence-corrected chi connectivity index (χ3v) is 12.6. The molecule has 0 spiro atoms. The highest BCUT2D eigenvalue weighted by atomic mass is 32.2. The van der Waals surface area contributed by atoms with Crippen molar-refractivity contribution < 1.29 is 38.0 Å². The van der Waals surface area contributed by atoms with Crippen LogP contribution in [-0.2, 0) is 9.47 Å². The van der Waals surface area contributed by atoms with Crippen LogP contribution in [-0.4, -0.2) is 107 Å². The van der Waals surface area contributed by atoms with E-state index in [9.17, 15) is 28.5 Å².